The fraction of sp³-hybridized carbons (Fsp3) is 0.0385. The van der Waals surface area contributed by atoms with Crippen LogP contribution in [-0.2, 0) is 20.0 Å². The molecule has 37 heavy (non-hydrogen) atoms. The van der Waals surface area contributed by atoms with Crippen LogP contribution in [0.2, 0.25) is 5.02 Å². The van der Waals surface area contributed by atoms with Crippen molar-refractivity contribution in [2.45, 2.75) is 16.7 Å². The Labute approximate surface area is 220 Å². The maximum absolute atomic E-state index is 12.9. The van der Waals surface area contributed by atoms with Crippen molar-refractivity contribution < 1.29 is 21.6 Å². The summed E-state index contributed by atoms with van der Waals surface area (Å²) in [4.78, 5) is 12.8. The smallest absolute Gasteiger partial charge is 0.262 e. The van der Waals surface area contributed by atoms with E-state index in [2.05, 4.69) is 14.8 Å². The van der Waals surface area contributed by atoms with Gasteiger partial charge in [0.2, 0.25) is 0 Å². The standard InChI is InChI=1S/C26H22ClN3O5S2/c1-18-11-12-19(17-25(18)37(34,35)29-21-7-3-2-4-8-21)26(31)28-20-13-15-22(16-14-20)36(32,33)30-24-10-6-5-9-23(24)27/h2-17,29-30H,1H3,(H,28,31). The first-order valence-electron chi connectivity index (χ1n) is 10.9. The number of carbonyl (C=O) groups is 1. The Morgan fingerprint density at radius 3 is 2.03 bits per heavy atom. The molecule has 1 amide bonds. The van der Waals surface area contributed by atoms with Crippen LogP contribution in [0.3, 0.4) is 0 Å². The number of benzene rings is 4. The van der Waals surface area contributed by atoms with Crippen molar-refractivity contribution in [2.24, 2.45) is 0 Å². The maximum Gasteiger partial charge on any atom is 0.262 e. The Morgan fingerprint density at radius 2 is 1.35 bits per heavy atom. The van der Waals surface area contributed by atoms with Gasteiger partial charge in [-0.25, -0.2) is 16.8 Å². The molecular formula is C26H22ClN3O5S2. The second kappa shape index (κ2) is 10.6. The average Bonchev–Trinajstić information content (AvgIpc) is 2.86. The zero-order valence-electron chi connectivity index (χ0n) is 19.5. The van der Waals surface area contributed by atoms with Crippen LogP contribution >= 0.6 is 11.6 Å². The van der Waals surface area contributed by atoms with E-state index in [1.54, 1.807) is 67.6 Å². The third-order valence-corrected chi connectivity index (χ3v) is 8.54. The fourth-order valence-electron chi connectivity index (χ4n) is 3.42. The van der Waals surface area contributed by atoms with Crippen molar-refractivity contribution in [1.82, 2.24) is 0 Å². The summed E-state index contributed by atoms with van der Waals surface area (Å²) in [5, 5.41) is 2.91. The Balaban J connectivity index is 1.50. The molecule has 190 valence electrons. The summed E-state index contributed by atoms with van der Waals surface area (Å²) < 4.78 is 56.1. The molecule has 0 fully saturated rings. The molecule has 0 bridgehead atoms. The van der Waals surface area contributed by atoms with Gasteiger partial charge >= 0.3 is 0 Å². The summed E-state index contributed by atoms with van der Waals surface area (Å²) in [5.74, 6) is -0.555. The molecule has 4 rings (SSSR count). The summed E-state index contributed by atoms with van der Waals surface area (Å²) >= 11 is 6.03. The molecule has 0 unspecified atom stereocenters. The van der Waals surface area contributed by atoms with Gasteiger partial charge in [0.15, 0.2) is 0 Å². The molecule has 0 aromatic heterocycles. The minimum Gasteiger partial charge on any atom is -0.322 e. The molecule has 0 heterocycles. The minimum absolute atomic E-state index is 0.0267. The van der Waals surface area contributed by atoms with Gasteiger partial charge in [-0.2, -0.15) is 0 Å². The van der Waals surface area contributed by atoms with Gasteiger partial charge in [0, 0.05) is 16.9 Å². The first-order chi connectivity index (χ1) is 17.5. The van der Waals surface area contributed by atoms with E-state index in [-0.39, 0.29) is 26.1 Å². The van der Waals surface area contributed by atoms with Crippen LogP contribution in [-0.4, -0.2) is 22.7 Å². The second-order valence-corrected chi connectivity index (χ2v) is 11.8. The van der Waals surface area contributed by atoms with E-state index in [4.69, 9.17) is 11.6 Å². The Hall–Kier alpha value is -3.86. The lowest BCUT2D eigenvalue weighted by Gasteiger charge is -2.13. The highest BCUT2D eigenvalue weighted by molar-refractivity contribution is 7.93. The minimum atomic E-state index is -3.94. The van der Waals surface area contributed by atoms with Gasteiger partial charge < -0.3 is 5.32 Å². The monoisotopic (exact) mass is 555 g/mol. The number of sulfonamides is 2. The second-order valence-electron chi connectivity index (χ2n) is 8.02. The molecule has 0 saturated heterocycles. The molecule has 8 nitrogen and oxygen atoms in total. The molecule has 3 N–H and O–H groups in total. The quantitative estimate of drug-likeness (QED) is 0.265. The van der Waals surface area contributed by atoms with Gasteiger partial charge in [0.25, 0.3) is 26.0 Å². The number of halogens is 1. The largest absolute Gasteiger partial charge is 0.322 e. The molecule has 0 spiro atoms. The predicted octanol–water partition coefficient (Wildman–Crippen LogP) is 5.50. The van der Waals surface area contributed by atoms with E-state index < -0.39 is 26.0 Å². The summed E-state index contributed by atoms with van der Waals surface area (Å²) in [6, 6.07) is 24.8. The lowest BCUT2D eigenvalue weighted by atomic mass is 10.1. The van der Waals surface area contributed by atoms with Crippen LogP contribution in [0.25, 0.3) is 0 Å². The van der Waals surface area contributed by atoms with Gasteiger partial charge in [-0.1, -0.05) is 48.0 Å². The third kappa shape index (κ3) is 6.29. The van der Waals surface area contributed by atoms with Crippen molar-refractivity contribution >= 4 is 54.6 Å². The summed E-state index contributed by atoms with van der Waals surface area (Å²) in [6.45, 7) is 1.64. The van der Waals surface area contributed by atoms with E-state index in [1.807, 2.05) is 0 Å². The van der Waals surface area contributed by atoms with Crippen LogP contribution in [0.15, 0.2) is 107 Å². The number of amides is 1. The molecular weight excluding hydrogens is 534 g/mol. The van der Waals surface area contributed by atoms with E-state index in [9.17, 15) is 21.6 Å². The zero-order chi connectivity index (χ0) is 26.6. The molecule has 0 aliphatic heterocycles. The van der Waals surface area contributed by atoms with Crippen molar-refractivity contribution in [3.8, 4) is 0 Å². The zero-order valence-corrected chi connectivity index (χ0v) is 21.9. The molecule has 0 aliphatic carbocycles. The predicted molar refractivity (Wildman–Crippen MR) is 145 cm³/mol. The normalized spacial score (nSPS) is 11.5. The number of nitrogens with one attached hydrogen (secondary N) is 3. The van der Waals surface area contributed by atoms with Crippen LogP contribution < -0.4 is 14.8 Å². The Morgan fingerprint density at radius 1 is 0.703 bits per heavy atom. The molecule has 4 aromatic carbocycles. The number of carbonyl (C=O) groups excluding carboxylic acids is 1. The highest BCUT2D eigenvalue weighted by Gasteiger charge is 2.20. The lowest BCUT2D eigenvalue weighted by Crippen LogP contribution is -2.17. The van der Waals surface area contributed by atoms with Gasteiger partial charge in [0.05, 0.1) is 20.5 Å². The number of hydrogen-bond donors (Lipinski definition) is 3. The van der Waals surface area contributed by atoms with E-state index in [0.717, 1.165) is 0 Å². The molecule has 0 atom stereocenters. The van der Waals surface area contributed by atoms with Gasteiger partial charge in [0.1, 0.15) is 0 Å². The third-order valence-electron chi connectivity index (χ3n) is 5.31. The number of anilines is 3. The molecule has 0 saturated carbocycles. The van der Waals surface area contributed by atoms with Gasteiger partial charge in [-0.05, 0) is 73.2 Å². The molecule has 0 radical (unpaired) electrons. The SMILES string of the molecule is Cc1ccc(C(=O)Nc2ccc(S(=O)(=O)Nc3ccccc3Cl)cc2)cc1S(=O)(=O)Nc1ccccc1. The first kappa shape index (κ1) is 26.2. The van der Waals surface area contributed by atoms with Crippen LogP contribution in [0, 0.1) is 6.92 Å². The summed E-state index contributed by atoms with van der Waals surface area (Å²) in [6.07, 6.45) is 0. The fourth-order valence-corrected chi connectivity index (χ4v) is 6.06. The van der Waals surface area contributed by atoms with Crippen LogP contribution in [0.4, 0.5) is 17.1 Å². The van der Waals surface area contributed by atoms with Gasteiger partial charge in [-0.15, -0.1) is 0 Å². The van der Waals surface area contributed by atoms with Crippen molar-refractivity contribution in [3.05, 3.63) is 113 Å². The van der Waals surface area contributed by atoms with E-state index in [1.165, 1.54) is 36.4 Å². The van der Waals surface area contributed by atoms with E-state index >= 15 is 0 Å². The molecule has 4 aromatic rings. The highest BCUT2D eigenvalue weighted by Crippen LogP contribution is 2.25. The first-order valence-corrected chi connectivity index (χ1v) is 14.3. The maximum atomic E-state index is 12.9. The number of para-hydroxylation sites is 2. The number of rotatable bonds is 8. The average molecular weight is 556 g/mol. The van der Waals surface area contributed by atoms with Gasteiger partial charge in [-0.3, -0.25) is 14.2 Å². The van der Waals surface area contributed by atoms with E-state index in [0.29, 0.717) is 16.9 Å². The van der Waals surface area contributed by atoms with Crippen molar-refractivity contribution in [2.75, 3.05) is 14.8 Å². The van der Waals surface area contributed by atoms with Crippen molar-refractivity contribution in [3.63, 3.8) is 0 Å². The lowest BCUT2D eigenvalue weighted by molar-refractivity contribution is 0.102. The van der Waals surface area contributed by atoms with Crippen molar-refractivity contribution in [1.29, 1.82) is 0 Å². The Bertz CT molecular complexity index is 1660. The number of hydrogen-bond acceptors (Lipinski definition) is 5. The highest BCUT2D eigenvalue weighted by atomic mass is 35.5. The molecule has 0 aliphatic rings. The number of aryl methyl sites for hydroxylation is 1. The molecule has 11 heteroatoms. The topological polar surface area (TPSA) is 121 Å². The Kier molecular flexibility index (Phi) is 7.53. The summed E-state index contributed by atoms with van der Waals surface area (Å²) in [5.41, 5.74) is 1.56. The summed E-state index contributed by atoms with van der Waals surface area (Å²) in [7, 11) is -7.84. The van der Waals surface area contributed by atoms with Crippen LogP contribution in [0.1, 0.15) is 15.9 Å². The van der Waals surface area contributed by atoms with Crippen LogP contribution in [0.5, 0.6) is 0 Å².